The average Bonchev–Trinajstić information content (AvgIpc) is 3.13. The normalized spacial score (nSPS) is 13.9. The molecule has 2 nitrogen and oxygen atoms in total. The Kier molecular flexibility index (Phi) is 3.76. The molecule has 4 heteroatoms. The third-order valence-electron chi connectivity index (χ3n) is 5.26. The average molecular weight is 352 g/mol. The Bertz CT molecular complexity index is 1150. The van der Waals surface area contributed by atoms with Crippen molar-refractivity contribution in [2.45, 2.75) is 19.3 Å². The van der Waals surface area contributed by atoms with Gasteiger partial charge in [-0.2, -0.15) is 4.98 Å². The molecule has 1 N–H and O–H groups in total. The van der Waals surface area contributed by atoms with Gasteiger partial charge in [-0.25, -0.2) is 0 Å². The van der Waals surface area contributed by atoms with Crippen LogP contribution >= 0.6 is 11.3 Å². The van der Waals surface area contributed by atoms with Crippen LogP contribution in [0.5, 0.6) is 5.75 Å². The number of fused-ring (bicyclic) bond motifs is 5. The molecule has 1 aliphatic rings. The number of nitrogens with one attached hydrogen (secondary N) is 1. The van der Waals surface area contributed by atoms with Gasteiger partial charge in [-0.1, -0.05) is 79.5 Å². The van der Waals surface area contributed by atoms with Crippen LogP contribution in [0.4, 0.5) is 0 Å². The fourth-order valence-corrected chi connectivity index (χ4v) is 5.13. The van der Waals surface area contributed by atoms with Crippen LogP contribution in [0.2, 0.25) is 0 Å². The quantitative estimate of drug-likeness (QED) is 0.468. The molecular formula is C22H17BeNOS+2. The van der Waals surface area contributed by atoms with Gasteiger partial charge in [-0.3, -0.25) is 0 Å². The number of rotatable bonds is 1. The molecule has 0 amide bonds. The number of H-pyrrole nitrogens is 1. The zero-order chi connectivity index (χ0) is 17.2. The molecule has 0 aliphatic heterocycles. The number of thiazole rings is 1. The van der Waals surface area contributed by atoms with Crippen molar-refractivity contribution in [2.24, 2.45) is 0 Å². The largest absolute Gasteiger partial charge is 2.00 e. The summed E-state index contributed by atoms with van der Waals surface area (Å²) in [6, 6.07) is 20.3. The minimum absolute atomic E-state index is 0. The summed E-state index contributed by atoms with van der Waals surface area (Å²) in [6.45, 7) is 4.56. The summed E-state index contributed by atoms with van der Waals surface area (Å²) in [4.78, 5) is 3.56. The van der Waals surface area contributed by atoms with Crippen molar-refractivity contribution in [3.05, 3.63) is 71.8 Å². The van der Waals surface area contributed by atoms with E-state index in [4.69, 9.17) is 0 Å². The Labute approximate surface area is 160 Å². The summed E-state index contributed by atoms with van der Waals surface area (Å²) in [5, 5.41) is 13.2. The van der Waals surface area contributed by atoms with E-state index in [9.17, 15) is 5.11 Å². The topological polar surface area (TPSA) is 37.2 Å². The van der Waals surface area contributed by atoms with E-state index in [1.54, 1.807) is 23.5 Å². The van der Waals surface area contributed by atoms with E-state index in [0.29, 0.717) is 0 Å². The van der Waals surface area contributed by atoms with Crippen LogP contribution in [0, 0.1) is 0 Å². The Morgan fingerprint density at radius 1 is 0.846 bits per heavy atom. The van der Waals surface area contributed by atoms with E-state index in [1.165, 1.54) is 27.0 Å². The molecule has 0 unspecified atom stereocenters. The van der Waals surface area contributed by atoms with Gasteiger partial charge in [0.15, 0.2) is 0 Å². The first-order valence-corrected chi connectivity index (χ1v) is 9.24. The van der Waals surface area contributed by atoms with Crippen LogP contribution in [0.1, 0.15) is 25.0 Å². The monoisotopic (exact) mass is 352 g/mol. The van der Waals surface area contributed by atoms with Crippen LogP contribution in [-0.2, 0) is 5.41 Å². The second-order valence-electron chi connectivity index (χ2n) is 7.08. The molecule has 0 saturated carbocycles. The van der Waals surface area contributed by atoms with E-state index in [1.807, 2.05) is 12.1 Å². The molecular weight excluding hydrogens is 335 g/mol. The van der Waals surface area contributed by atoms with Crippen LogP contribution in [0.25, 0.3) is 31.9 Å². The molecule has 0 saturated heterocycles. The third kappa shape index (κ3) is 2.18. The fraction of sp³-hybridized carbons (Fsp3) is 0.136. The van der Waals surface area contributed by atoms with Crippen molar-refractivity contribution in [3.63, 3.8) is 0 Å². The Morgan fingerprint density at radius 3 is 2.31 bits per heavy atom. The van der Waals surface area contributed by atoms with Gasteiger partial charge in [0.1, 0.15) is 4.70 Å². The van der Waals surface area contributed by atoms with Crippen molar-refractivity contribution >= 4 is 31.7 Å². The first kappa shape index (κ1) is 17.0. The number of aromatic amines is 1. The SMILES string of the molecule is CC1(C)c2ccccc2-c2ccc3sc(-c4ccccc4[O-])[nH+]c3c21.[Be+2]. The smallest absolute Gasteiger partial charge is 0.872 e. The van der Waals surface area contributed by atoms with Gasteiger partial charge in [0.25, 0.3) is 5.01 Å². The van der Waals surface area contributed by atoms with Gasteiger partial charge in [-0.15, -0.1) is 0 Å². The number of benzene rings is 3. The van der Waals surface area contributed by atoms with Gasteiger partial charge in [-0.05, 0) is 28.8 Å². The summed E-state index contributed by atoms with van der Waals surface area (Å²) in [6.07, 6.45) is 0. The second-order valence-corrected chi connectivity index (χ2v) is 8.14. The molecule has 0 bridgehead atoms. The molecule has 1 heterocycles. The second kappa shape index (κ2) is 5.77. The maximum absolute atomic E-state index is 12.2. The van der Waals surface area contributed by atoms with Crippen molar-refractivity contribution < 1.29 is 10.1 Å². The number of para-hydroxylation sites is 1. The zero-order valence-corrected chi connectivity index (χ0v) is 15.6. The number of hydrogen-bond acceptors (Lipinski definition) is 2. The summed E-state index contributed by atoms with van der Waals surface area (Å²) in [5.41, 5.74) is 7.14. The van der Waals surface area contributed by atoms with E-state index >= 15 is 0 Å². The summed E-state index contributed by atoms with van der Waals surface area (Å²) in [5.74, 6) is 0.0597. The molecule has 26 heavy (non-hydrogen) atoms. The summed E-state index contributed by atoms with van der Waals surface area (Å²) in [7, 11) is 0. The maximum Gasteiger partial charge on any atom is 2.00 e. The number of hydrogen-bond donors (Lipinski definition) is 0. The first-order valence-electron chi connectivity index (χ1n) is 8.43. The van der Waals surface area contributed by atoms with Gasteiger partial charge >= 0.3 is 10.1 Å². The van der Waals surface area contributed by atoms with E-state index in [-0.39, 0.29) is 21.3 Å². The van der Waals surface area contributed by atoms with Crippen molar-refractivity contribution in [2.75, 3.05) is 0 Å². The fourth-order valence-electron chi connectivity index (χ4n) is 4.09. The Balaban J connectivity index is 0.00000168. The Morgan fingerprint density at radius 2 is 1.54 bits per heavy atom. The molecule has 1 aromatic heterocycles. The van der Waals surface area contributed by atoms with E-state index < -0.39 is 0 Å². The molecule has 5 rings (SSSR count). The maximum atomic E-state index is 12.2. The van der Waals surface area contributed by atoms with Crippen LogP contribution < -0.4 is 10.1 Å². The van der Waals surface area contributed by atoms with Gasteiger partial charge in [0.2, 0.25) is 5.52 Å². The van der Waals surface area contributed by atoms with Crippen molar-refractivity contribution in [1.29, 1.82) is 0 Å². The number of aromatic nitrogens is 1. The van der Waals surface area contributed by atoms with Crippen molar-refractivity contribution in [1.82, 2.24) is 0 Å². The molecule has 122 valence electrons. The first-order chi connectivity index (χ1) is 12.1. The molecule has 0 spiro atoms. The minimum Gasteiger partial charge on any atom is -0.872 e. The van der Waals surface area contributed by atoms with Gasteiger partial charge < -0.3 is 5.11 Å². The van der Waals surface area contributed by atoms with Gasteiger partial charge in [0.05, 0.1) is 0 Å². The standard InChI is InChI=1S/C22H17NOS.Be/c1-22(2)16-9-5-3-7-13(16)14-11-12-18-20(19(14)22)23-21(25-18)15-8-4-6-10-17(15)24;/h3-12,24H,1-2H3;/q;+2. The van der Waals surface area contributed by atoms with Gasteiger partial charge in [0, 0.05) is 16.5 Å². The summed E-state index contributed by atoms with van der Waals surface area (Å²) < 4.78 is 1.19. The predicted octanol–water partition coefficient (Wildman–Crippen LogP) is 4.38. The summed E-state index contributed by atoms with van der Waals surface area (Å²) >= 11 is 1.65. The van der Waals surface area contributed by atoms with Crippen LogP contribution in [0.15, 0.2) is 60.7 Å². The molecule has 0 fully saturated rings. The molecule has 0 atom stereocenters. The van der Waals surface area contributed by atoms with Crippen LogP contribution in [-0.4, -0.2) is 10.1 Å². The van der Waals surface area contributed by atoms with Crippen LogP contribution in [0.3, 0.4) is 0 Å². The molecule has 3 aromatic carbocycles. The molecule has 4 aromatic rings. The van der Waals surface area contributed by atoms with E-state index in [0.717, 1.165) is 16.1 Å². The Hall–Kier alpha value is -2.48. The predicted molar refractivity (Wildman–Crippen MR) is 107 cm³/mol. The van der Waals surface area contributed by atoms with E-state index in [2.05, 4.69) is 55.2 Å². The third-order valence-corrected chi connectivity index (χ3v) is 6.35. The molecule has 0 radical (unpaired) electrons. The minimum atomic E-state index is -0.0583. The van der Waals surface area contributed by atoms with Crippen molar-refractivity contribution in [3.8, 4) is 27.4 Å². The zero-order valence-electron chi connectivity index (χ0n) is 14.8. The molecule has 1 aliphatic carbocycles.